The van der Waals surface area contributed by atoms with E-state index in [9.17, 15) is 9.18 Å². The van der Waals surface area contributed by atoms with Gasteiger partial charge in [0.05, 0.1) is 11.6 Å². The zero-order valence-corrected chi connectivity index (χ0v) is 11.4. The molecule has 0 saturated heterocycles. The van der Waals surface area contributed by atoms with E-state index in [1.54, 1.807) is 12.1 Å². The normalized spacial score (nSPS) is 19.6. The minimum Gasteiger partial charge on any atom is -0.345 e. The van der Waals surface area contributed by atoms with Crippen LogP contribution in [0, 0.1) is 11.7 Å². The first-order valence-corrected chi connectivity index (χ1v) is 6.82. The van der Waals surface area contributed by atoms with Crippen LogP contribution in [0.15, 0.2) is 24.3 Å². The second kappa shape index (κ2) is 5.29. The maximum absolute atomic E-state index is 12.9. The average molecular weight is 264 g/mol. The maximum Gasteiger partial charge on any atom is 0.237 e. The Morgan fingerprint density at radius 1 is 1.42 bits per heavy atom. The van der Waals surface area contributed by atoms with Gasteiger partial charge < -0.3 is 11.1 Å². The summed E-state index contributed by atoms with van der Waals surface area (Å²) in [6.45, 7) is 3.99. The molecule has 1 aliphatic rings. The Morgan fingerprint density at radius 2 is 2.00 bits per heavy atom. The highest BCUT2D eigenvalue weighted by molar-refractivity contribution is 5.83. The number of amides is 1. The van der Waals surface area contributed by atoms with E-state index in [1.165, 1.54) is 12.1 Å². The van der Waals surface area contributed by atoms with Gasteiger partial charge in [0, 0.05) is 0 Å². The Morgan fingerprint density at radius 3 is 2.47 bits per heavy atom. The molecule has 0 radical (unpaired) electrons. The summed E-state index contributed by atoms with van der Waals surface area (Å²) >= 11 is 0. The molecular weight excluding hydrogens is 243 g/mol. The van der Waals surface area contributed by atoms with E-state index in [0.717, 1.165) is 24.8 Å². The summed E-state index contributed by atoms with van der Waals surface area (Å²) in [7, 11) is 0. The lowest BCUT2D eigenvalue weighted by atomic mass is 9.98. The summed E-state index contributed by atoms with van der Waals surface area (Å²) in [6, 6.07) is 5.84. The van der Waals surface area contributed by atoms with Crippen LogP contribution in [0.25, 0.3) is 0 Å². The average Bonchev–Trinajstić information content (AvgIpc) is 3.18. The number of halogens is 1. The number of rotatable bonds is 5. The first kappa shape index (κ1) is 14.0. The third-order valence-corrected chi connectivity index (χ3v) is 4.07. The predicted octanol–water partition coefficient (Wildman–Crippen LogP) is 2.30. The molecule has 104 valence electrons. The topological polar surface area (TPSA) is 55.1 Å². The molecule has 4 heteroatoms. The molecule has 2 atom stereocenters. The van der Waals surface area contributed by atoms with Crippen molar-refractivity contribution in [3.8, 4) is 0 Å². The van der Waals surface area contributed by atoms with Crippen molar-refractivity contribution in [1.82, 2.24) is 5.32 Å². The number of carbonyl (C=O) groups excluding carboxylic acids is 1. The molecule has 1 fully saturated rings. The molecule has 1 unspecified atom stereocenters. The molecule has 0 heterocycles. The highest BCUT2D eigenvalue weighted by atomic mass is 19.1. The first-order valence-electron chi connectivity index (χ1n) is 6.82. The van der Waals surface area contributed by atoms with Crippen LogP contribution in [0.2, 0.25) is 0 Å². The van der Waals surface area contributed by atoms with Crippen LogP contribution in [0.4, 0.5) is 4.39 Å². The quantitative estimate of drug-likeness (QED) is 0.857. The van der Waals surface area contributed by atoms with E-state index in [4.69, 9.17) is 5.73 Å². The van der Waals surface area contributed by atoms with Gasteiger partial charge in [-0.1, -0.05) is 32.4 Å². The molecule has 0 spiro atoms. The van der Waals surface area contributed by atoms with E-state index in [2.05, 4.69) is 5.32 Å². The summed E-state index contributed by atoms with van der Waals surface area (Å²) in [4.78, 5) is 12.1. The van der Waals surface area contributed by atoms with Crippen LogP contribution < -0.4 is 11.1 Å². The molecule has 3 N–H and O–H groups in total. The van der Waals surface area contributed by atoms with Crippen LogP contribution >= 0.6 is 0 Å². The summed E-state index contributed by atoms with van der Waals surface area (Å²) in [5, 5.41) is 3.03. The van der Waals surface area contributed by atoms with Gasteiger partial charge in [0.25, 0.3) is 0 Å². The lowest BCUT2D eigenvalue weighted by Crippen LogP contribution is -2.48. The lowest BCUT2D eigenvalue weighted by molar-refractivity contribution is -0.124. The number of carbonyl (C=O) groups is 1. The molecule has 2 rings (SSSR count). The molecule has 0 aliphatic heterocycles. The van der Waals surface area contributed by atoms with Gasteiger partial charge in [0.2, 0.25) is 5.91 Å². The van der Waals surface area contributed by atoms with Crippen molar-refractivity contribution >= 4 is 5.91 Å². The van der Waals surface area contributed by atoms with Gasteiger partial charge in [-0.05, 0) is 36.5 Å². The van der Waals surface area contributed by atoms with Crippen LogP contribution in [-0.4, -0.2) is 11.9 Å². The molecule has 0 aromatic heterocycles. The molecule has 1 aromatic rings. The van der Waals surface area contributed by atoms with Gasteiger partial charge in [-0.15, -0.1) is 0 Å². The van der Waals surface area contributed by atoms with E-state index < -0.39 is 6.04 Å². The largest absolute Gasteiger partial charge is 0.345 e. The van der Waals surface area contributed by atoms with Gasteiger partial charge in [0.1, 0.15) is 5.82 Å². The Bertz CT molecular complexity index is 454. The second-order valence-electron chi connectivity index (χ2n) is 5.49. The highest BCUT2D eigenvalue weighted by Gasteiger charge is 2.46. The Balaban J connectivity index is 2.06. The fourth-order valence-corrected chi connectivity index (χ4v) is 2.21. The number of benzene rings is 1. The zero-order chi connectivity index (χ0) is 14.0. The van der Waals surface area contributed by atoms with E-state index in [0.29, 0.717) is 0 Å². The SMILES string of the molecule is CCC(C)[C@H](N)C(=O)NC1(c2ccc(F)cc2)CC1. The summed E-state index contributed by atoms with van der Waals surface area (Å²) in [6.07, 6.45) is 2.65. The van der Waals surface area contributed by atoms with E-state index >= 15 is 0 Å². The molecular formula is C15H21FN2O. The van der Waals surface area contributed by atoms with E-state index in [1.807, 2.05) is 13.8 Å². The van der Waals surface area contributed by atoms with Gasteiger partial charge in [-0.25, -0.2) is 4.39 Å². The molecule has 3 nitrogen and oxygen atoms in total. The van der Waals surface area contributed by atoms with E-state index in [-0.39, 0.29) is 23.2 Å². The monoisotopic (exact) mass is 264 g/mol. The van der Waals surface area contributed by atoms with Crippen molar-refractivity contribution in [2.24, 2.45) is 11.7 Å². The summed E-state index contributed by atoms with van der Waals surface area (Å²) in [5.41, 5.74) is 6.57. The van der Waals surface area contributed by atoms with Gasteiger partial charge >= 0.3 is 0 Å². The minimum absolute atomic E-state index is 0.115. The van der Waals surface area contributed by atoms with Crippen LogP contribution in [-0.2, 0) is 10.3 Å². The van der Waals surface area contributed by atoms with Gasteiger partial charge in [-0.3, -0.25) is 4.79 Å². The molecule has 1 saturated carbocycles. The highest BCUT2D eigenvalue weighted by Crippen LogP contribution is 2.45. The van der Waals surface area contributed by atoms with Gasteiger partial charge in [0.15, 0.2) is 0 Å². The van der Waals surface area contributed by atoms with Crippen LogP contribution in [0.5, 0.6) is 0 Å². The predicted molar refractivity (Wildman–Crippen MR) is 72.9 cm³/mol. The Labute approximate surface area is 113 Å². The van der Waals surface area contributed by atoms with Crippen molar-refractivity contribution in [1.29, 1.82) is 0 Å². The fraction of sp³-hybridized carbons (Fsp3) is 0.533. The summed E-state index contributed by atoms with van der Waals surface area (Å²) in [5.74, 6) is -0.220. The molecule has 19 heavy (non-hydrogen) atoms. The van der Waals surface area contributed by atoms with Crippen molar-refractivity contribution < 1.29 is 9.18 Å². The molecule has 1 aliphatic carbocycles. The summed E-state index contributed by atoms with van der Waals surface area (Å²) < 4.78 is 12.9. The van der Waals surface area contributed by atoms with Crippen molar-refractivity contribution in [3.05, 3.63) is 35.6 Å². The fourth-order valence-electron chi connectivity index (χ4n) is 2.21. The zero-order valence-electron chi connectivity index (χ0n) is 11.4. The number of nitrogens with one attached hydrogen (secondary N) is 1. The number of nitrogens with two attached hydrogens (primary N) is 1. The van der Waals surface area contributed by atoms with Crippen molar-refractivity contribution in [2.45, 2.75) is 44.7 Å². The Hall–Kier alpha value is -1.42. The van der Waals surface area contributed by atoms with Crippen LogP contribution in [0.1, 0.15) is 38.7 Å². The first-order chi connectivity index (χ1) is 8.98. The number of hydrogen-bond acceptors (Lipinski definition) is 2. The maximum atomic E-state index is 12.9. The minimum atomic E-state index is -0.483. The number of hydrogen-bond donors (Lipinski definition) is 2. The third kappa shape index (κ3) is 2.95. The lowest BCUT2D eigenvalue weighted by Gasteiger charge is -2.23. The van der Waals surface area contributed by atoms with Gasteiger partial charge in [-0.2, -0.15) is 0 Å². The molecule has 1 amide bonds. The second-order valence-corrected chi connectivity index (χ2v) is 5.49. The standard InChI is InChI=1S/C15H21FN2O/c1-3-10(2)13(17)14(19)18-15(8-9-15)11-4-6-12(16)7-5-11/h4-7,10,13H,3,8-9,17H2,1-2H3,(H,18,19)/t10?,13-/m0/s1. The Kier molecular flexibility index (Phi) is 3.90. The smallest absolute Gasteiger partial charge is 0.237 e. The molecule has 1 aromatic carbocycles. The third-order valence-electron chi connectivity index (χ3n) is 4.07. The van der Waals surface area contributed by atoms with Crippen molar-refractivity contribution in [3.63, 3.8) is 0 Å². The van der Waals surface area contributed by atoms with Crippen molar-refractivity contribution in [2.75, 3.05) is 0 Å². The van der Waals surface area contributed by atoms with Crippen LogP contribution in [0.3, 0.4) is 0 Å². The molecule has 0 bridgehead atoms.